The van der Waals surface area contributed by atoms with Gasteiger partial charge in [-0.3, -0.25) is 0 Å². The molecular formula is C13H17FN2O3. The van der Waals surface area contributed by atoms with Gasteiger partial charge < -0.3 is 15.2 Å². The van der Waals surface area contributed by atoms with Gasteiger partial charge in [-0.2, -0.15) is 0 Å². The highest BCUT2D eigenvalue weighted by Gasteiger charge is 2.20. The monoisotopic (exact) mass is 268 g/mol. The summed E-state index contributed by atoms with van der Waals surface area (Å²) in [5.41, 5.74) is -0.154. The molecule has 2 N–H and O–H groups in total. The second-order valence-electron chi connectivity index (χ2n) is 4.65. The third-order valence-electron chi connectivity index (χ3n) is 2.89. The topological polar surface area (TPSA) is 71.5 Å². The van der Waals surface area contributed by atoms with E-state index in [4.69, 9.17) is 9.84 Å². The molecule has 1 aliphatic carbocycles. The van der Waals surface area contributed by atoms with E-state index in [1.54, 1.807) is 0 Å². The molecule has 1 fully saturated rings. The summed E-state index contributed by atoms with van der Waals surface area (Å²) in [6, 6.07) is 0.960. The lowest BCUT2D eigenvalue weighted by Gasteiger charge is -2.08. The van der Waals surface area contributed by atoms with Crippen molar-refractivity contribution in [2.75, 3.05) is 25.1 Å². The minimum absolute atomic E-state index is 0.154. The predicted octanol–water partition coefficient (Wildman–Crippen LogP) is 2.15. The average Bonchev–Trinajstić information content (AvgIpc) is 3.19. The Morgan fingerprint density at radius 1 is 1.58 bits per heavy atom. The normalized spacial score (nSPS) is 14.4. The van der Waals surface area contributed by atoms with Crippen molar-refractivity contribution in [3.8, 4) is 0 Å². The van der Waals surface area contributed by atoms with E-state index in [1.807, 2.05) is 0 Å². The molecule has 0 aliphatic heterocycles. The molecular weight excluding hydrogens is 251 g/mol. The van der Waals surface area contributed by atoms with Crippen molar-refractivity contribution < 1.29 is 19.0 Å². The third kappa shape index (κ3) is 4.48. The Bertz CT molecular complexity index is 450. The van der Waals surface area contributed by atoms with Crippen LogP contribution in [-0.2, 0) is 4.74 Å². The second kappa shape index (κ2) is 6.47. The van der Waals surface area contributed by atoms with Crippen LogP contribution in [0.2, 0.25) is 0 Å². The van der Waals surface area contributed by atoms with Crippen LogP contribution >= 0.6 is 0 Å². The number of aromatic nitrogens is 1. The van der Waals surface area contributed by atoms with Gasteiger partial charge in [0.15, 0.2) is 0 Å². The number of halogens is 1. The Labute approximate surface area is 110 Å². The molecule has 1 aliphatic rings. The SMILES string of the molecule is O=C(O)c1cc(F)cnc1NCCCOCC1CC1. The van der Waals surface area contributed by atoms with Gasteiger partial charge in [0.25, 0.3) is 0 Å². The zero-order valence-electron chi connectivity index (χ0n) is 10.6. The van der Waals surface area contributed by atoms with E-state index in [1.165, 1.54) is 12.8 Å². The van der Waals surface area contributed by atoms with Gasteiger partial charge in [0.1, 0.15) is 17.2 Å². The number of carboxylic acids is 1. The Hall–Kier alpha value is -1.69. The van der Waals surface area contributed by atoms with Crippen LogP contribution in [0.1, 0.15) is 29.6 Å². The molecule has 0 unspecified atom stereocenters. The molecule has 1 aromatic rings. The summed E-state index contributed by atoms with van der Waals surface area (Å²) < 4.78 is 18.4. The van der Waals surface area contributed by atoms with E-state index in [9.17, 15) is 9.18 Å². The molecule has 0 spiro atoms. The number of pyridine rings is 1. The molecule has 0 radical (unpaired) electrons. The number of nitrogens with zero attached hydrogens (tertiary/aromatic N) is 1. The number of carbonyl (C=O) groups is 1. The van der Waals surface area contributed by atoms with Gasteiger partial charge in [-0.25, -0.2) is 14.2 Å². The molecule has 104 valence electrons. The maximum absolute atomic E-state index is 12.9. The third-order valence-corrected chi connectivity index (χ3v) is 2.89. The molecule has 2 rings (SSSR count). The lowest BCUT2D eigenvalue weighted by atomic mass is 10.2. The maximum atomic E-state index is 12.9. The molecule has 0 saturated heterocycles. The molecule has 5 nitrogen and oxygen atoms in total. The lowest BCUT2D eigenvalue weighted by Crippen LogP contribution is -2.12. The molecule has 6 heteroatoms. The standard InChI is InChI=1S/C13H17FN2O3/c14-10-6-11(13(17)18)12(16-7-10)15-4-1-5-19-8-9-2-3-9/h6-7,9H,1-5,8H2,(H,15,16)(H,17,18). The van der Waals surface area contributed by atoms with E-state index in [0.29, 0.717) is 13.2 Å². The number of rotatable bonds is 8. The van der Waals surface area contributed by atoms with E-state index >= 15 is 0 Å². The fourth-order valence-corrected chi connectivity index (χ4v) is 1.66. The van der Waals surface area contributed by atoms with Gasteiger partial charge in [0, 0.05) is 19.8 Å². The van der Waals surface area contributed by atoms with Gasteiger partial charge in [-0.1, -0.05) is 0 Å². The summed E-state index contributed by atoms with van der Waals surface area (Å²) in [6.07, 6.45) is 4.28. The molecule has 1 aromatic heterocycles. The van der Waals surface area contributed by atoms with Gasteiger partial charge >= 0.3 is 5.97 Å². The Morgan fingerprint density at radius 3 is 3.05 bits per heavy atom. The summed E-state index contributed by atoms with van der Waals surface area (Å²) in [5.74, 6) is -0.920. The van der Waals surface area contributed by atoms with E-state index < -0.39 is 11.8 Å². The smallest absolute Gasteiger partial charge is 0.339 e. The zero-order valence-corrected chi connectivity index (χ0v) is 10.6. The summed E-state index contributed by atoms with van der Waals surface area (Å²) in [4.78, 5) is 14.7. The number of hydrogen-bond donors (Lipinski definition) is 2. The minimum Gasteiger partial charge on any atom is -0.478 e. The first-order valence-corrected chi connectivity index (χ1v) is 6.37. The highest BCUT2D eigenvalue weighted by atomic mass is 19.1. The molecule has 0 atom stereocenters. The first kappa shape index (κ1) is 13.7. The number of hydrogen-bond acceptors (Lipinski definition) is 4. The highest BCUT2D eigenvalue weighted by molar-refractivity contribution is 5.93. The Kier molecular flexibility index (Phi) is 4.68. The number of anilines is 1. The van der Waals surface area contributed by atoms with Crippen molar-refractivity contribution in [3.05, 3.63) is 23.6 Å². The maximum Gasteiger partial charge on any atom is 0.339 e. The van der Waals surface area contributed by atoms with Crippen molar-refractivity contribution in [2.45, 2.75) is 19.3 Å². The summed E-state index contributed by atoms with van der Waals surface area (Å²) >= 11 is 0. The molecule has 0 bridgehead atoms. The van der Waals surface area contributed by atoms with Crippen LogP contribution in [0.4, 0.5) is 10.2 Å². The highest BCUT2D eigenvalue weighted by Crippen LogP contribution is 2.28. The molecule has 19 heavy (non-hydrogen) atoms. The van der Waals surface area contributed by atoms with Crippen molar-refractivity contribution in [2.24, 2.45) is 5.92 Å². The fraction of sp³-hybridized carbons (Fsp3) is 0.538. The predicted molar refractivity (Wildman–Crippen MR) is 67.8 cm³/mol. The van der Waals surface area contributed by atoms with Crippen molar-refractivity contribution in [1.29, 1.82) is 0 Å². The van der Waals surface area contributed by atoms with Gasteiger partial charge in [0.2, 0.25) is 0 Å². The van der Waals surface area contributed by atoms with E-state index in [-0.39, 0.29) is 11.4 Å². The lowest BCUT2D eigenvalue weighted by molar-refractivity contribution is 0.0697. The fourth-order valence-electron chi connectivity index (χ4n) is 1.66. The van der Waals surface area contributed by atoms with E-state index in [0.717, 1.165) is 31.2 Å². The molecule has 1 saturated carbocycles. The van der Waals surface area contributed by atoms with Crippen molar-refractivity contribution >= 4 is 11.8 Å². The van der Waals surface area contributed by atoms with Crippen molar-refractivity contribution in [1.82, 2.24) is 4.98 Å². The van der Waals surface area contributed by atoms with Crippen LogP contribution in [-0.4, -0.2) is 35.8 Å². The van der Waals surface area contributed by atoms with Crippen LogP contribution < -0.4 is 5.32 Å². The molecule has 0 amide bonds. The van der Waals surface area contributed by atoms with Gasteiger partial charge in [0.05, 0.1) is 6.20 Å². The number of carboxylic acid groups (broad SMARTS) is 1. The summed E-state index contributed by atoms with van der Waals surface area (Å²) in [5, 5.41) is 11.8. The largest absolute Gasteiger partial charge is 0.478 e. The van der Waals surface area contributed by atoms with Crippen LogP contribution in [0.3, 0.4) is 0 Å². The minimum atomic E-state index is -1.19. The van der Waals surface area contributed by atoms with Crippen LogP contribution in [0.25, 0.3) is 0 Å². The Morgan fingerprint density at radius 2 is 2.37 bits per heavy atom. The molecule has 1 heterocycles. The van der Waals surface area contributed by atoms with E-state index in [2.05, 4.69) is 10.3 Å². The van der Waals surface area contributed by atoms with Gasteiger partial charge in [-0.05, 0) is 31.2 Å². The van der Waals surface area contributed by atoms with Gasteiger partial charge in [-0.15, -0.1) is 0 Å². The molecule has 0 aromatic carbocycles. The number of nitrogens with one attached hydrogen (secondary N) is 1. The van der Waals surface area contributed by atoms with Crippen LogP contribution in [0.15, 0.2) is 12.3 Å². The van der Waals surface area contributed by atoms with Crippen LogP contribution in [0, 0.1) is 11.7 Å². The van der Waals surface area contributed by atoms with Crippen molar-refractivity contribution in [3.63, 3.8) is 0 Å². The average molecular weight is 268 g/mol. The Balaban J connectivity index is 1.73. The first-order valence-electron chi connectivity index (χ1n) is 6.37. The quantitative estimate of drug-likeness (QED) is 0.707. The summed E-state index contributed by atoms with van der Waals surface area (Å²) in [6.45, 7) is 1.99. The second-order valence-corrected chi connectivity index (χ2v) is 4.65. The summed E-state index contributed by atoms with van der Waals surface area (Å²) in [7, 11) is 0. The zero-order chi connectivity index (χ0) is 13.7. The first-order chi connectivity index (χ1) is 9.16. The van der Waals surface area contributed by atoms with Crippen LogP contribution in [0.5, 0.6) is 0 Å². The number of aromatic carboxylic acids is 1. The number of ether oxygens (including phenoxy) is 1.